The van der Waals surface area contributed by atoms with Crippen LogP contribution in [0.5, 0.6) is 11.5 Å². The second-order valence-electron chi connectivity index (χ2n) is 8.24. The van der Waals surface area contributed by atoms with Gasteiger partial charge in [0.25, 0.3) is 5.91 Å². The number of rotatable bonds is 8. The predicted octanol–water partition coefficient (Wildman–Crippen LogP) is 6.06. The number of fused-ring (bicyclic) bond motifs is 1. The number of anilines is 1. The Morgan fingerprint density at radius 1 is 0.972 bits per heavy atom. The highest BCUT2D eigenvalue weighted by molar-refractivity contribution is 6.10. The van der Waals surface area contributed by atoms with Crippen molar-refractivity contribution in [2.75, 3.05) is 12.4 Å². The average Bonchev–Trinajstić information content (AvgIpc) is 3.22. The van der Waals surface area contributed by atoms with Gasteiger partial charge in [-0.05, 0) is 59.7 Å². The van der Waals surface area contributed by atoms with Gasteiger partial charge in [-0.2, -0.15) is 0 Å². The minimum Gasteiger partial charge on any atom is -0.497 e. The van der Waals surface area contributed by atoms with E-state index in [9.17, 15) is 9.18 Å². The van der Waals surface area contributed by atoms with E-state index in [4.69, 9.17) is 9.47 Å². The summed E-state index contributed by atoms with van der Waals surface area (Å²) in [5.74, 6) is 0.552. The molecule has 180 valence electrons. The molecule has 0 aliphatic carbocycles. The van der Waals surface area contributed by atoms with E-state index in [1.165, 1.54) is 12.1 Å². The Morgan fingerprint density at radius 3 is 2.58 bits per heavy atom. The van der Waals surface area contributed by atoms with Crippen LogP contribution in [0.3, 0.4) is 0 Å². The van der Waals surface area contributed by atoms with Crippen LogP contribution in [-0.4, -0.2) is 22.6 Å². The summed E-state index contributed by atoms with van der Waals surface area (Å²) < 4.78 is 27.1. The summed E-state index contributed by atoms with van der Waals surface area (Å²) >= 11 is 0. The Balaban J connectivity index is 1.59. The molecule has 0 spiro atoms. The SMILES string of the molecule is COc1cccc(COc2c(C(=O)Nc3cccnc3)n(Cc3ccc(F)cc3)c3ccccc23)c1. The van der Waals surface area contributed by atoms with Gasteiger partial charge in [0.1, 0.15) is 18.2 Å². The maximum atomic E-state index is 13.7. The van der Waals surface area contributed by atoms with Gasteiger partial charge in [0.05, 0.1) is 24.5 Å². The average molecular weight is 482 g/mol. The first kappa shape index (κ1) is 23.1. The zero-order chi connectivity index (χ0) is 24.9. The van der Waals surface area contributed by atoms with Crippen LogP contribution in [0.15, 0.2) is 97.3 Å². The Labute approximate surface area is 207 Å². The van der Waals surface area contributed by atoms with Crippen LogP contribution in [-0.2, 0) is 13.2 Å². The van der Waals surface area contributed by atoms with Gasteiger partial charge in [-0.3, -0.25) is 9.78 Å². The largest absolute Gasteiger partial charge is 0.497 e. The molecule has 0 bridgehead atoms. The molecular weight excluding hydrogens is 457 g/mol. The molecule has 0 aliphatic rings. The Hall–Kier alpha value is -4.65. The molecule has 3 aromatic carbocycles. The Kier molecular flexibility index (Phi) is 6.62. The van der Waals surface area contributed by atoms with Crippen molar-refractivity contribution < 1.29 is 18.7 Å². The molecule has 7 heteroatoms. The quantitative estimate of drug-likeness (QED) is 0.292. The van der Waals surface area contributed by atoms with Gasteiger partial charge in [0.2, 0.25) is 0 Å². The van der Waals surface area contributed by atoms with Crippen molar-refractivity contribution in [2.24, 2.45) is 0 Å². The molecule has 0 radical (unpaired) electrons. The van der Waals surface area contributed by atoms with Crippen molar-refractivity contribution in [3.63, 3.8) is 0 Å². The first-order valence-corrected chi connectivity index (χ1v) is 11.4. The summed E-state index contributed by atoms with van der Waals surface area (Å²) in [4.78, 5) is 17.7. The van der Waals surface area contributed by atoms with Gasteiger partial charge in [-0.1, -0.05) is 36.4 Å². The van der Waals surface area contributed by atoms with Crippen molar-refractivity contribution in [3.05, 3.63) is 120 Å². The fourth-order valence-corrected chi connectivity index (χ4v) is 4.12. The molecule has 6 nitrogen and oxygen atoms in total. The summed E-state index contributed by atoms with van der Waals surface area (Å²) in [6.07, 6.45) is 3.23. The number of methoxy groups -OCH3 is 1. The molecule has 0 saturated carbocycles. The lowest BCUT2D eigenvalue weighted by Crippen LogP contribution is -2.19. The molecule has 0 aliphatic heterocycles. The molecule has 1 amide bonds. The molecule has 0 saturated heterocycles. The van der Waals surface area contributed by atoms with Crippen LogP contribution in [0.2, 0.25) is 0 Å². The lowest BCUT2D eigenvalue weighted by Gasteiger charge is -2.14. The molecule has 5 rings (SSSR count). The van der Waals surface area contributed by atoms with E-state index in [1.807, 2.05) is 53.1 Å². The minimum absolute atomic E-state index is 0.245. The van der Waals surface area contributed by atoms with Gasteiger partial charge in [0, 0.05) is 18.1 Å². The lowest BCUT2D eigenvalue weighted by atomic mass is 10.2. The van der Waals surface area contributed by atoms with E-state index in [-0.39, 0.29) is 18.3 Å². The molecule has 2 heterocycles. The smallest absolute Gasteiger partial charge is 0.276 e. The van der Waals surface area contributed by atoms with Crippen molar-refractivity contribution in [1.82, 2.24) is 9.55 Å². The van der Waals surface area contributed by atoms with E-state index < -0.39 is 0 Å². The maximum absolute atomic E-state index is 13.7. The summed E-state index contributed by atoms with van der Waals surface area (Å²) in [7, 11) is 1.62. The highest BCUT2D eigenvalue weighted by Gasteiger charge is 2.25. The van der Waals surface area contributed by atoms with Crippen LogP contribution in [0, 0.1) is 5.82 Å². The van der Waals surface area contributed by atoms with Gasteiger partial charge in [0.15, 0.2) is 11.4 Å². The van der Waals surface area contributed by atoms with Crippen molar-refractivity contribution in [1.29, 1.82) is 0 Å². The van der Waals surface area contributed by atoms with Gasteiger partial charge in [-0.15, -0.1) is 0 Å². The van der Waals surface area contributed by atoms with Crippen LogP contribution in [0.1, 0.15) is 21.6 Å². The molecule has 0 fully saturated rings. The number of halogens is 1. The predicted molar refractivity (Wildman–Crippen MR) is 137 cm³/mol. The summed E-state index contributed by atoms with van der Waals surface area (Å²) in [6, 6.07) is 25.1. The van der Waals surface area contributed by atoms with E-state index in [2.05, 4.69) is 10.3 Å². The Morgan fingerprint density at radius 2 is 1.81 bits per heavy atom. The molecule has 36 heavy (non-hydrogen) atoms. The number of amides is 1. The number of nitrogens with one attached hydrogen (secondary N) is 1. The standard InChI is InChI=1S/C29H24FN3O3/c1-35-24-8-4-6-21(16-24)19-36-28-25-9-2-3-10-26(25)33(18-20-11-13-22(30)14-12-20)27(28)29(34)32-23-7-5-15-31-17-23/h2-17H,18-19H2,1H3,(H,32,34). The third-order valence-corrected chi connectivity index (χ3v) is 5.83. The van der Waals surface area contributed by atoms with Gasteiger partial charge < -0.3 is 19.4 Å². The molecule has 0 atom stereocenters. The molecule has 2 aromatic heterocycles. The zero-order valence-corrected chi connectivity index (χ0v) is 19.6. The third-order valence-electron chi connectivity index (χ3n) is 5.83. The second kappa shape index (κ2) is 10.3. The first-order chi connectivity index (χ1) is 17.6. The number of carbonyl (C=O) groups excluding carboxylic acids is 1. The van der Waals surface area contributed by atoms with E-state index >= 15 is 0 Å². The van der Waals surface area contributed by atoms with Crippen LogP contribution >= 0.6 is 0 Å². The van der Waals surface area contributed by atoms with Gasteiger partial charge in [-0.25, -0.2) is 4.39 Å². The minimum atomic E-state index is -0.332. The number of hydrogen-bond donors (Lipinski definition) is 1. The first-order valence-electron chi connectivity index (χ1n) is 11.4. The molecule has 1 N–H and O–H groups in total. The number of hydrogen-bond acceptors (Lipinski definition) is 4. The van der Waals surface area contributed by atoms with Crippen molar-refractivity contribution in [3.8, 4) is 11.5 Å². The number of ether oxygens (including phenoxy) is 2. The molecular formula is C29H24FN3O3. The van der Waals surface area contributed by atoms with Crippen LogP contribution in [0.25, 0.3) is 10.9 Å². The fraction of sp³-hybridized carbons (Fsp3) is 0.103. The van der Waals surface area contributed by atoms with E-state index in [0.717, 1.165) is 27.8 Å². The summed E-state index contributed by atoms with van der Waals surface area (Å²) in [5.41, 5.74) is 3.53. The topological polar surface area (TPSA) is 65.4 Å². The highest BCUT2D eigenvalue weighted by Crippen LogP contribution is 2.35. The summed E-state index contributed by atoms with van der Waals surface area (Å²) in [6.45, 7) is 0.605. The number of aromatic nitrogens is 2. The van der Waals surface area contributed by atoms with Gasteiger partial charge >= 0.3 is 0 Å². The molecule has 0 unspecified atom stereocenters. The van der Waals surface area contributed by atoms with E-state index in [0.29, 0.717) is 23.7 Å². The second-order valence-corrected chi connectivity index (χ2v) is 8.24. The number of para-hydroxylation sites is 1. The maximum Gasteiger partial charge on any atom is 0.276 e. The van der Waals surface area contributed by atoms with Crippen molar-refractivity contribution >= 4 is 22.5 Å². The zero-order valence-electron chi connectivity index (χ0n) is 19.6. The van der Waals surface area contributed by atoms with E-state index in [1.54, 1.807) is 43.8 Å². The molecule has 5 aromatic rings. The number of benzene rings is 3. The monoisotopic (exact) mass is 481 g/mol. The van der Waals surface area contributed by atoms with Crippen LogP contribution in [0.4, 0.5) is 10.1 Å². The van der Waals surface area contributed by atoms with Crippen molar-refractivity contribution in [2.45, 2.75) is 13.2 Å². The Bertz CT molecular complexity index is 1500. The van der Waals surface area contributed by atoms with Crippen LogP contribution < -0.4 is 14.8 Å². The third kappa shape index (κ3) is 4.90. The fourth-order valence-electron chi connectivity index (χ4n) is 4.12. The summed E-state index contributed by atoms with van der Waals surface area (Å²) in [5, 5.41) is 3.73. The number of nitrogens with zero attached hydrogens (tertiary/aromatic N) is 2. The normalized spacial score (nSPS) is 10.8. The lowest BCUT2D eigenvalue weighted by molar-refractivity contribution is 0.101. The number of pyridine rings is 1. The number of carbonyl (C=O) groups is 1. The highest BCUT2D eigenvalue weighted by atomic mass is 19.1.